The Morgan fingerprint density at radius 2 is 1.67 bits per heavy atom. The maximum absolute atomic E-state index is 13.7. The Hall–Kier alpha value is -3.78. The molecule has 36 heavy (non-hydrogen) atoms. The molecule has 5 rings (SSSR count). The second kappa shape index (κ2) is 8.41. The zero-order chi connectivity index (χ0) is 25.9. The number of hydrogen-bond acceptors (Lipinski definition) is 5. The number of aromatic nitrogens is 3. The normalized spacial score (nSPS) is 16.7. The van der Waals surface area contributed by atoms with Crippen LogP contribution in [0.5, 0.6) is 11.5 Å². The molecule has 188 valence electrons. The average molecular weight is 490 g/mol. The van der Waals surface area contributed by atoms with Crippen molar-refractivity contribution in [2.45, 2.75) is 32.4 Å². The summed E-state index contributed by atoms with van der Waals surface area (Å²) in [7, 11) is 6.44. The van der Waals surface area contributed by atoms with E-state index < -0.39 is 17.3 Å². The summed E-state index contributed by atoms with van der Waals surface area (Å²) in [5.74, 6) is 1.29. The van der Waals surface area contributed by atoms with E-state index in [1.165, 1.54) is 11.6 Å². The Bertz CT molecular complexity index is 1610. The highest BCUT2D eigenvalue weighted by atomic mass is 16.5. The van der Waals surface area contributed by atoms with Gasteiger partial charge in [-0.1, -0.05) is 29.8 Å². The lowest BCUT2D eigenvalue weighted by Crippen LogP contribution is -2.40. The second-order valence-corrected chi connectivity index (χ2v) is 9.98. The molecule has 0 saturated carbocycles. The molecule has 1 atom stereocenters. The third-order valence-corrected chi connectivity index (χ3v) is 7.11. The number of ether oxygens (including phenoxy) is 3. The third kappa shape index (κ3) is 3.39. The van der Waals surface area contributed by atoms with Gasteiger partial charge < -0.3 is 18.8 Å². The molecule has 0 spiro atoms. The van der Waals surface area contributed by atoms with Crippen molar-refractivity contribution in [3.63, 3.8) is 0 Å². The van der Waals surface area contributed by atoms with Crippen LogP contribution in [0.4, 0.5) is 0 Å². The van der Waals surface area contributed by atoms with Gasteiger partial charge >= 0.3 is 5.69 Å². The minimum Gasteiger partial charge on any atom is -0.497 e. The zero-order valence-corrected chi connectivity index (χ0v) is 21.7. The lowest BCUT2D eigenvalue weighted by Gasteiger charge is -2.39. The van der Waals surface area contributed by atoms with E-state index in [0.29, 0.717) is 29.0 Å². The zero-order valence-electron chi connectivity index (χ0n) is 21.7. The van der Waals surface area contributed by atoms with Crippen molar-refractivity contribution in [1.82, 2.24) is 13.7 Å². The fourth-order valence-electron chi connectivity index (χ4n) is 5.26. The van der Waals surface area contributed by atoms with Gasteiger partial charge in [-0.15, -0.1) is 0 Å². The molecule has 4 aromatic rings. The Morgan fingerprint density at radius 3 is 2.31 bits per heavy atom. The van der Waals surface area contributed by atoms with Crippen LogP contribution in [-0.2, 0) is 24.4 Å². The first-order valence-corrected chi connectivity index (χ1v) is 11.9. The Labute approximate surface area is 209 Å². The molecule has 0 fully saturated rings. The first kappa shape index (κ1) is 23.9. The molecular formula is C28H31N3O5. The van der Waals surface area contributed by atoms with Gasteiger partial charge in [0.25, 0.3) is 5.56 Å². The van der Waals surface area contributed by atoms with E-state index in [0.717, 1.165) is 28.1 Å². The van der Waals surface area contributed by atoms with Gasteiger partial charge in [-0.05, 0) is 44.5 Å². The minimum absolute atomic E-state index is 0.335. The van der Waals surface area contributed by atoms with Crippen LogP contribution in [0.15, 0.2) is 52.1 Å². The molecule has 1 unspecified atom stereocenters. The topological polar surface area (TPSA) is 76.6 Å². The summed E-state index contributed by atoms with van der Waals surface area (Å²) in [4.78, 5) is 26.8. The Balaban J connectivity index is 2.00. The first-order chi connectivity index (χ1) is 17.1. The Kier molecular flexibility index (Phi) is 5.59. The van der Waals surface area contributed by atoms with Crippen LogP contribution >= 0.6 is 0 Å². The van der Waals surface area contributed by atoms with Crippen LogP contribution < -0.4 is 20.7 Å². The molecule has 3 heterocycles. The molecule has 0 bridgehead atoms. The molecule has 0 aliphatic carbocycles. The molecule has 2 aromatic heterocycles. The number of hydrogen-bond donors (Lipinski definition) is 0. The average Bonchev–Trinajstić information content (AvgIpc) is 3.24. The highest BCUT2D eigenvalue weighted by molar-refractivity contribution is 5.97. The molecule has 0 N–H and O–H groups in total. The summed E-state index contributed by atoms with van der Waals surface area (Å²) in [5.41, 5.74) is 3.62. The van der Waals surface area contributed by atoms with Crippen LogP contribution in [0, 0.1) is 6.92 Å². The van der Waals surface area contributed by atoms with E-state index >= 15 is 0 Å². The quantitative estimate of drug-likeness (QED) is 0.435. The molecule has 1 aliphatic heterocycles. The molecule has 0 radical (unpaired) electrons. The van der Waals surface area contributed by atoms with E-state index in [9.17, 15) is 9.59 Å². The van der Waals surface area contributed by atoms with Crippen molar-refractivity contribution in [2.24, 2.45) is 14.1 Å². The smallest absolute Gasteiger partial charge is 0.331 e. The second-order valence-electron chi connectivity index (χ2n) is 9.98. The van der Waals surface area contributed by atoms with Gasteiger partial charge in [-0.2, -0.15) is 0 Å². The van der Waals surface area contributed by atoms with Gasteiger partial charge in [-0.25, -0.2) is 4.79 Å². The summed E-state index contributed by atoms with van der Waals surface area (Å²) in [6.07, 6.45) is -0.595. The summed E-state index contributed by atoms with van der Waals surface area (Å²) in [6, 6.07) is 13.7. The fraction of sp³-hybridized carbons (Fsp3) is 0.357. The van der Waals surface area contributed by atoms with Gasteiger partial charge in [-0.3, -0.25) is 13.9 Å². The predicted octanol–water partition coefficient (Wildman–Crippen LogP) is 3.89. The maximum Gasteiger partial charge on any atom is 0.331 e. The molecule has 0 amide bonds. The molecule has 2 aromatic carbocycles. The van der Waals surface area contributed by atoms with Crippen molar-refractivity contribution in [2.75, 3.05) is 20.8 Å². The van der Waals surface area contributed by atoms with Crippen LogP contribution in [0.25, 0.3) is 22.2 Å². The van der Waals surface area contributed by atoms with Gasteiger partial charge in [0.05, 0.1) is 48.7 Å². The van der Waals surface area contributed by atoms with Crippen molar-refractivity contribution in [1.29, 1.82) is 0 Å². The SMILES string of the molecule is COc1ccc(OC)c(C2OCC(C)(C)n3c(-c4ccc(C)cc4)c4c(=O)n(C)c(=O)n(C)c4c32)c1. The van der Waals surface area contributed by atoms with Crippen molar-refractivity contribution in [3.8, 4) is 22.8 Å². The van der Waals surface area contributed by atoms with Crippen LogP contribution in [0.3, 0.4) is 0 Å². The molecule has 1 aliphatic rings. The number of rotatable bonds is 4. The summed E-state index contributed by atoms with van der Waals surface area (Å²) < 4.78 is 22.6. The number of benzene rings is 2. The van der Waals surface area contributed by atoms with Gasteiger partial charge in [0.15, 0.2) is 0 Å². The van der Waals surface area contributed by atoms with Gasteiger partial charge in [0.1, 0.15) is 17.6 Å². The molecular weight excluding hydrogens is 458 g/mol. The van der Waals surface area contributed by atoms with Crippen LogP contribution in [0.1, 0.15) is 36.8 Å². The Morgan fingerprint density at radius 1 is 0.972 bits per heavy atom. The number of methoxy groups -OCH3 is 2. The molecule has 8 heteroatoms. The lowest BCUT2D eigenvalue weighted by molar-refractivity contribution is -0.00807. The highest BCUT2D eigenvalue weighted by Gasteiger charge is 2.41. The largest absolute Gasteiger partial charge is 0.497 e. The van der Waals surface area contributed by atoms with E-state index in [2.05, 4.69) is 18.4 Å². The maximum atomic E-state index is 13.7. The first-order valence-electron chi connectivity index (χ1n) is 11.9. The van der Waals surface area contributed by atoms with E-state index in [1.54, 1.807) is 25.8 Å². The third-order valence-electron chi connectivity index (χ3n) is 7.11. The van der Waals surface area contributed by atoms with Crippen LogP contribution in [0.2, 0.25) is 0 Å². The lowest BCUT2D eigenvalue weighted by atomic mass is 9.97. The van der Waals surface area contributed by atoms with Crippen molar-refractivity contribution in [3.05, 3.63) is 80.1 Å². The number of nitrogens with zero attached hydrogens (tertiary/aromatic N) is 3. The predicted molar refractivity (Wildman–Crippen MR) is 139 cm³/mol. The van der Waals surface area contributed by atoms with Gasteiger partial charge in [0.2, 0.25) is 0 Å². The van der Waals surface area contributed by atoms with Crippen molar-refractivity contribution >= 4 is 10.9 Å². The standard InChI is InChI=1S/C28H31N3O5/c1-16-8-10-17(11-9-16)22-21-23(29(4)27(33)30(5)26(21)32)24-25(36-15-28(2,3)31(22)24)19-14-18(34-6)12-13-20(19)35-7/h8-14,25H,15H2,1-7H3. The van der Waals surface area contributed by atoms with Gasteiger partial charge in [0, 0.05) is 19.7 Å². The fourth-order valence-corrected chi connectivity index (χ4v) is 5.26. The highest BCUT2D eigenvalue weighted by Crippen LogP contribution is 2.47. The molecule has 0 saturated heterocycles. The molecule has 8 nitrogen and oxygen atoms in total. The number of aryl methyl sites for hydroxylation is 2. The van der Waals surface area contributed by atoms with Crippen molar-refractivity contribution < 1.29 is 14.2 Å². The minimum atomic E-state index is -0.595. The monoisotopic (exact) mass is 489 g/mol. The van der Waals surface area contributed by atoms with E-state index in [-0.39, 0.29) is 5.56 Å². The summed E-state index contributed by atoms with van der Waals surface area (Å²) in [6.45, 7) is 6.57. The van der Waals surface area contributed by atoms with E-state index in [1.807, 2.05) is 49.4 Å². The summed E-state index contributed by atoms with van der Waals surface area (Å²) in [5, 5.41) is 0.490. The van der Waals surface area contributed by atoms with Crippen LogP contribution in [-0.4, -0.2) is 34.5 Å². The van der Waals surface area contributed by atoms with E-state index in [4.69, 9.17) is 14.2 Å². The summed E-state index contributed by atoms with van der Waals surface area (Å²) >= 11 is 0. The number of fused-ring (bicyclic) bond motifs is 3.